The zero-order valence-electron chi connectivity index (χ0n) is 17.0. The van der Waals surface area contributed by atoms with Gasteiger partial charge in [-0.15, -0.1) is 24.0 Å². The van der Waals surface area contributed by atoms with E-state index in [1.807, 2.05) is 25.2 Å². The fraction of sp³-hybridized carbons (Fsp3) is 0.650. The van der Waals surface area contributed by atoms with E-state index >= 15 is 0 Å². The van der Waals surface area contributed by atoms with Gasteiger partial charge in [0.2, 0.25) is 5.91 Å². The predicted octanol–water partition coefficient (Wildman–Crippen LogP) is 2.64. The number of aliphatic imine (C=N–C) groups is 1. The van der Waals surface area contributed by atoms with Gasteiger partial charge >= 0.3 is 0 Å². The van der Waals surface area contributed by atoms with E-state index in [-0.39, 0.29) is 36.4 Å². The number of nitrogens with one attached hydrogen (secondary N) is 1. The van der Waals surface area contributed by atoms with Crippen LogP contribution in [-0.4, -0.2) is 66.9 Å². The molecule has 1 amide bonds. The molecule has 2 heterocycles. The van der Waals surface area contributed by atoms with Gasteiger partial charge in [-0.25, -0.2) is 0 Å². The molecule has 0 spiro atoms. The van der Waals surface area contributed by atoms with Gasteiger partial charge in [-0.1, -0.05) is 19.9 Å². The molecule has 1 atom stereocenters. The number of halogens is 1. The van der Waals surface area contributed by atoms with Crippen molar-refractivity contribution in [2.75, 3.05) is 40.3 Å². The predicted molar refractivity (Wildman–Crippen MR) is 121 cm³/mol. The number of guanidine groups is 1. The Kier molecular flexibility index (Phi) is 10.6. The molecule has 1 fully saturated rings. The molecule has 1 aliphatic rings. The number of pyridine rings is 1. The molecule has 1 saturated heterocycles. The number of hydrogen-bond acceptors (Lipinski definition) is 3. The fourth-order valence-corrected chi connectivity index (χ4v) is 3.46. The lowest BCUT2D eigenvalue weighted by Gasteiger charge is -2.23. The van der Waals surface area contributed by atoms with Crippen LogP contribution in [0.3, 0.4) is 0 Å². The maximum Gasteiger partial charge on any atom is 0.241 e. The van der Waals surface area contributed by atoms with Crippen molar-refractivity contribution < 1.29 is 4.79 Å². The van der Waals surface area contributed by atoms with E-state index in [1.165, 1.54) is 12.8 Å². The SMILES string of the molecule is CN=C(NCC(=O)N(C)CCc1ccccn1)N1CCC(CC(C)C)C1.I. The Morgan fingerprint density at radius 1 is 1.44 bits per heavy atom. The third-order valence-electron chi connectivity index (χ3n) is 4.85. The van der Waals surface area contributed by atoms with Gasteiger partial charge in [0.05, 0.1) is 6.54 Å². The van der Waals surface area contributed by atoms with Crippen molar-refractivity contribution in [3.05, 3.63) is 30.1 Å². The standard InChI is InChI=1S/C20H33N5O.HI/c1-16(2)13-17-8-12-25(15-17)20(21-3)23-14-19(26)24(4)11-9-18-7-5-6-10-22-18;/h5-7,10,16-17H,8-9,11-15H2,1-4H3,(H,21,23);1H. The van der Waals surface area contributed by atoms with E-state index in [4.69, 9.17) is 0 Å². The van der Waals surface area contributed by atoms with Crippen LogP contribution < -0.4 is 5.32 Å². The van der Waals surface area contributed by atoms with Gasteiger partial charge in [-0.3, -0.25) is 14.8 Å². The van der Waals surface area contributed by atoms with Crippen LogP contribution in [0.1, 0.15) is 32.4 Å². The molecule has 0 bridgehead atoms. The molecule has 1 N–H and O–H groups in total. The van der Waals surface area contributed by atoms with Crippen LogP contribution in [-0.2, 0) is 11.2 Å². The van der Waals surface area contributed by atoms with Crippen molar-refractivity contribution >= 4 is 35.8 Å². The molecule has 1 aromatic heterocycles. The lowest BCUT2D eigenvalue weighted by Crippen LogP contribution is -2.45. The van der Waals surface area contributed by atoms with Gasteiger partial charge < -0.3 is 15.1 Å². The summed E-state index contributed by atoms with van der Waals surface area (Å²) in [5.41, 5.74) is 1.00. The first-order chi connectivity index (χ1) is 12.5. The summed E-state index contributed by atoms with van der Waals surface area (Å²) in [6.07, 6.45) is 5.01. The van der Waals surface area contributed by atoms with Gasteiger partial charge in [-0.2, -0.15) is 0 Å². The maximum absolute atomic E-state index is 12.4. The monoisotopic (exact) mass is 487 g/mol. The van der Waals surface area contributed by atoms with Crippen LogP contribution in [0, 0.1) is 11.8 Å². The third kappa shape index (κ3) is 8.02. The van der Waals surface area contributed by atoms with E-state index in [1.54, 1.807) is 18.1 Å². The fourth-order valence-electron chi connectivity index (χ4n) is 3.46. The van der Waals surface area contributed by atoms with E-state index in [2.05, 4.69) is 34.0 Å². The first-order valence-corrected chi connectivity index (χ1v) is 9.59. The second kappa shape index (κ2) is 12.2. The smallest absolute Gasteiger partial charge is 0.241 e. The van der Waals surface area contributed by atoms with Crippen LogP contribution in [0.2, 0.25) is 0 Å². The van der Waals surface area contributed by atoms with Crippen LogP contribution in [0.25, 0.3) is 0 Å². The Morgan fingerprint density at radius 3 is 2.85 bits per heavy atom. The molecule has 0 aliphatic carbocycles. The number of nitrogens with zero attached hydrogens (tertiary/aromatic N) is 4. The van der Waals surface area contributed by atoms with Crippen LogP contribution >= 0.6 is 24.0 Å². The summed E-state index contributed by atoms with van der Waals surface area (Å²) in [5, 5.41) is 3.23. The minimum atomic E-state index is 0. The summed E-state index contributed by atoms with van der Waals surface area (Å²) in [7, 11) is 3.62. The molecule has 0 radical (unpaired) electrons. The van der Waals surface area contributed by atoms with Gasteiger partial charge in [0, 0.05) is 52.0 Å². The molecule has 1 unspecified atom stereocenters. The molecule has 2 rings (SSSR count). The van der Waals surface area contributed by atoms with Crippen molar-refractivity contribution in [1.82, 2.24) is 20.1 Å². The Bertz CT molecular complexity index is 593. The summed E-state index contributed by atoms with van der Waals surface area (Å²) >= 11 is 0. The van der Waals surface area contributed by atoms with Crippen molar-refractivity contribution in [3.63, 3.8) is 0 Å². The number of likely N-dealkylation sites (tertiary alicyclic amines) is 1. The first-order valence-electron chi connectivity index (χ1n) is 9.59. The summed E-state index contributed by atoms with van der Waals surface area (Å²) in [4.78, 5) is 25.1. The number of rotatable bonds is 7. The highest BCUT2D eigenvalue weighted by Crippen LogP contribution is 2.23. The molecule has 6 nitrogen and oxygen atoms in total. The topological polar surface area (TPSA) is 60.8 Å². The molecule has 1 aliphatic heterocycles. The Morgan fingerprint density at radius 2 is 2.22 bits per heavy atom. The number of likely N-dealkylation sites (N-methyl/N-ethyl adjacent to an activating group) is 1. The average Bonchev–Trinajstić information content (AvgIpc) is 3.08. The molecule has 152 valence electrons. The average molecular weight is 487 g/mol. The van der Waals surface area contributed by atoms with Crippen molar-refractivity contribution in [3.8, 4) is 0 Å². The zero-order valence-corrected chi connectivity index (χ0v) is 19.3. The number of hydrogen-bond donors (Lipinski definition) is 1. The molecular weight excluding hydrogens is 453 g/mol. The first kappa shape index (κ1) is 23.7. The minimum Gasteiger partial charge on any atom is -0.347 e. The molecule has 0 aromatic carbocycles. The largest absolute Gasteiger partial charge is 0.347 e. The Labute approximate surface area is 180 Å². The third-order valence-corrected chi connectivity index (χ3v) is 4.85. The van der Waals surface area contributed by atoms with Crippen LogP contribution in [0.4, 0.5) is 0 Å². The summed E-state index contributed by atoms with van der Waals surface area (Å²) < 4.78 is 0. The molecular formula is C20H34IN5O. The zero-order chi connectivity index (χ0) is 18.9. The lowest BCUT2D eigenvalue weighted by atomic mass is 9.97. The van der Waals surface area contributed by atoms with Crippen molar-refractivity contribution in [2.45, 2.75) is 33.1 Å². The van der Waals surface area contributed by atoms with E-state index < -0.39 is 0 Å². The van der Waals surface area contributed by atoms with Gasteiger partial charge in [-0.05, 0) is 36.8 Å². The quantitative estimate of drug-likeness (QED) is 0.365. The molecule has 1 aromatic rings. The highest BCUT2D eigenvalue weighted by atomic mass is 127. The lowest BCUT2D eigenvalue weighted by molar-refractivity contribution is -0.128. The highest BCUT2D eigenvalue weighted by molar-refractivity contribution is 14.0. The number of amides is 1. The van der Waals surface area contributed by atoms with Gasteiger partial charge in [0.15, 0.2) is 5.96 Å². The second-order valence-corrected chi connectivity index (χ2v) is 7.52. The molecule has 0 saturated carbocycles. The number of aromatic nitrogens is 1. The summed E-state index contributed by atoms with van der Waals surface area (Å²) in [5.74, 6) is 2.36. The van der Waals surface area contributed by atoms with E-state index in [0.29, 0.717) is 6.54 Å². The minimum absolute atomic E-state index is 0. The number of carbonyl (C=O) groups excluding carboxylic acids is 1. The number of carbonyl (C=O) groups is 1. The summed E-state index contributed by atoms with van der Waals surface area (Å²) in [6, 6.07) is 5.86. The summed E-state index contributed by atoms with van der Waals surface area (Å²) in [6.45, 7) is 7.53. The van der Waals surface area contributed by atoms with Crippen molar-refractivity contribution in [1.29, 1.82) is 0 Å². The molecule has 7 heteroatoms. The van der Waals surface area contributed by atoms with Crippen molar-refractivity contribution in [2.24, 2.45) is 16.8 Å². The van der Waals surface area contributed by atoms with E-state index in [9.17, 15) is 4.79 Å². The Balaban J connectivity index is 0.00000364. The van der Waals surface area contributed by atoms with Gasteiger partial charge in [0.1, 0.15) is 0 Å². The maximum atomic E-state index is 12.4. The second-order valence-electron chi connectivity index (χ2n) is 7.52. The normalized spacial score (nSPS) is 17.0. The Hall–Kier alpha value is -1.38. The molecule has 27 heavy (non-hydrogen) atoms. The van der Waals surface area contributed by atoms with E-state index in [0.717, 1.165) is 43.0 Å². The van der Waals surface area contributed by atoms with Crippen LogP contribution in [0.5, 0.6) is 0 Å². The van der Waals surface area contributed by atoms with Gasteiger partial charge in [0.25, 0.3) is 0 Å². The van der Waals surface area contributed by atoms with Crippen LogP contribution in [0.15, 0.2) is 29.4 Å². The highest BCUT2D eigenvalue weighted by Gasteiger charge is 2.25.